The lowest BCUT2D eigenvalue weighted by molar-refractivity contribution is -0.127. The normalized spacial score (nSPS) is 19.0. The van der Waals surface area contributed by atoms with Crippen molar-refractivity contribution in [1.29, 1.82) is 0 Å². The predicted molar refractivity (Wildman–Crippen MR) is 134 cm³/mol. The minimum absolute atomic E-state index is 0.0254. The molecule has 1 atom stereocenters. The molecule has 1 unspecified atom stereocenters. The molecule has 5 rings (SSSR count). The largest absolute Gasteiger partial charge is 0.487 e. The van der Waals surface area contributed by atoms with E-state index in [0.717, 1.165) is 42.6 Å². The van der Waals surface area contributed by atoms with Crippen molar-refractivity contribution in [3.8, 4) is 5.75 Å². The summed E-state index contributed by atoms with van der Waals surface area (Å²) >= 11 is 0. The topological polar surface area (TPSA) is 75.9 Å². The second kappa shape index (κ2) is 10.5. The van der Waals surface area contributed by atoms with E-state index >= 15 is 0 Å². The highest BCUT2D eigenvalue weighted by atomic mass is 16.5. The van der Waals surface area contributed by atoms with Gasteiger partial charge in [-0.05, 0) is 68.5 Å². The number of piperidine rings is 1. The minimum atomic E-state index is -0.119. The molecular weight excluding hydrogens is 440 g/mol. The minimum Gasteiger partial charge on any atom is -0.487 e. The van der Waals surface area contributed by atoms with E-state index in [2.05, 4.69) is 10.3 Å². The third-order valence-corrected chi connectivity index (χ3v) is 7.25. The quantitative estimate of drug-likeness (QED) is 0.570. The number of ether oxygens (including phenoxy) is 1. The number of imidazole rings is 1. The van der Waals surface area contributed by atoms with Gasteiger partial charge in [-0.2, -0.15) is 0 Å². The Morgan fingerprint density at radius 1 is 1.06 bits per heavy atom. The number of nitrogens with one attached hydrogen (secondary N) is 1. The van der Waals surface area contributed by atoms with Crippen LogP contribution in [0.3, 0.4) is 0 Å². The molecular formula is C28H34N4O3. The summed E-state index contributed by atoms with van der Waals surface area (Å²) in [6, 6.07) is 11.6. The molecule has 2 aliphatic rings. The van der Waals surface area contributed by atoms with Crippen LogP contribution in [0, 0.1) is 12.8 Å². The van der Waals surface area contributed by atoms with Gasteiger partial charge in [-0.1, -0.05) is 25.3 Å². The molecule has 184 valence electrons. The molecule has 1 saturated carbocycles. The van der Waals surface area contributed by atoms with Crippen molar-refractivity contribution in [2.24, 2.45) is 5.92 Å². The Bertz CT molecular complexity index is 1180. The first-order chi connectivity index (χ1) is 17.1. The van der Waals surface area contributed by atoms with E-state index in [1.54, 1.807) is 12.1 Å². The molecule has 7 nitrogen and oxygen atoms in total. The molecule has 1 aliphatic heterocycles. The molecule has 2 fully saturated rings. The molecule has 3 aromatic rings. The van der Waals surface area contributed by atoms with E-state index in [4.69, 9.17) is 4.74 Å². The van der Waals surface area contributed by atoms with Gasteiger partial charge in [0.1, 0.15) is 18.0 Å². The third-order valence-electron chi connectivity index (χ3n) is 7.25. The molecule has 3 heterocycles. The highest BCUT2D eigenvalue weighted by Gasteiger charge is 2.30. The summed E-state index contributed by atoms with van der Waals surface area (Å²) in [6.07, 6.45) is 11.4. The zero-order chi connectivity index (χ0) is 24.2. The Balaban J connectivity index is 1.15. The van der Waals surface area contributed by atoms with E-state index < -0.39 is 0 Å². The molecule has 1 aliphatic carbocycles. The van der Waals surface area contributed by atoms with Crippen LogP contribution < -0.4 is 10.1 Å². The van der Waals surface area contributed by atoms with Crippen LogP contribution in [0.4, 0.5) is 0 Å². The summed E-state index contributed by atoms with van der Waals surface area (Å²) in [6.45, 7) is 3.58. The lowest BCUT2D eigenvalue weighted by atomic mass is 9.93. The van der Waals surface area contributed by atoms with Crippen LogP contribution in [0.5, 0.6) is 5.75 Å². The number of likely N-dealkylation sites (tertiary alicyclic amines) is 1. The average Bonchev–Trinajstić information content (AvgIpc) is 3.33. The number of nitrogens with zero attached hydrogens (tertiary/aromatic N) is 3. The predicted octanol–water partition coefficient (Wildman–Crippen LogP) is 4.52. The van der Waals surface area contributed by atoms with Gasteiger partial charge in [0.15, 0.2) is 0 Å². The van der Waals surface area contributed by atoms with E-state index in [1.807, 2.05) is 52.9 Å². The fourth-order valence-electron chi connectivity index (χ4n) is 5.25. The lowest BCUT2D eigenvalue weighted by Crippen LogP contribution is -2.47. The molecule has 0 bridgehead atoms. The molecule has 2 aromatic heterocycles. The number of benzene rings is 1. The van der Waals surface area contributed by atoms with Gasteiger partial charge in [0.05, 0.1) is 11.6 Å². The monoisotopic (exact) mass is 474 g/mol. The van der Waals surface area contributed by atoms with Crippen LogP contribution >= 0.6 is 0 Å². The number of hydrogen-bond acceptors (Lipinski definition) is 4. The third kappa shape index (κ3) is 5.50. The highest BCUT2D eigenvalue weighted by Crippen LogP contribution is 2.23. The molecule has 1 aromatic carbocycles. The maximum absolute atomic E-state index is 13.1. The number of hydrogen-bond donors (Lipinski definition) is 1. The number of rotatable bonds is 6. The van der Waals surface area contributed by atoms with Crippen LogP contribution in [0.1, 0.15) is 66.6 Å². The Kier molecular flexibility index (Phi) is 7.02. The summed E-state index contributed by atoms with van der Waals surface area (Å²) in [5.74, 6) is 0.660. The SMILES string of the molecule is Cc1cccn2cc(COc3ccc(C(=O)N4CCCC(C(=O)NC5CCCCC5)C4)cc3)nc12. The molecule has 1 saturated heterocycles. The number of carbonyl (C=O) groups is 2. The van der Waals surface area contributed by atoms with Crippen molar-refractivity contribution in [2.45, 2.75) is 64.5 Å². The van der Waals surface area contributed by atoms with Crippen molar-refractivity contribution in [3.05, 3.63) is 65.6 Å². The summed E-state index contributed by atoms with van der Waals surface area (Å²) < 4.78 is 7.91. The van der Waals surface area contributed by atoms with Gasteiger partial charge in [0, 0.05) is 37.1 Å². The Morgan fingerprint density at radius 2 is 1.86 bits per heavy atom. The fraction of sp³-hybridized carbons (Fsp3) is 0.464. The summed E-state index contributed by atoms with van der Waals surface area (Å²) in [4.78, 5) is 32.4. The number of aromatic nitrogens is 2. The second-order valence-corrected chi connectivity index (χ2v) is 9.90. The first kappa shape index (κ1) is 23.4. The van der Waals surface area contributed by atoms with Crippen molar-refractivity contribution >= 4 is 17.5 Å². The molecule has 1 N–H and O–H groups in total. The van der Waals surface area contributed by atoms with Gasteiger partial charge < -0.3 is 19.4 Å². The molecule has 0 spiro atoms. The average molecular weight is 475 g/mol. The summed E-state index contributed by atoms with van der Waals surface area (Å²) in [7, 11) is 0. The number of pyridine rings is 1. The Morgan fingerprint density at radius 3 is 2.63 bits per heavy atom. The van der Waals surface area contributed by atoms with Gasteiger partial charge in [0.25, 0.3) is 5.91 Å². The lowest BCUT2D eigenvalue weighted by Gasteiger charge is -2.33. The van der Waals surface area contributed by atoms with Crippen LogP contribution in [0.15, 0.2) is 48.8 Å². The standard InChI is InChI=1S/C28H34N4O3/c1-20-7-5-15-31-18-24(29-26(20)31)19-35-25-13-11-21(12-14-25)28(34)32-16-6-8-22(17-32)27(33)30-23-9-3-2-4-10-23/h5,7,11-15,18,22-23H,2-4,6,8-10,16-17,19H2,1H3,(H,30,33). The summed E-state index contributed by atoms with van der Waals surface area (Å²) in [5, 5.41) is 3.23. The Labute approximate surface area is 206 Å². The first-order valence-corrected chi connectivity index (χ1v) is 12.8. The molecule has 0 radical (unpaired) electrons. The van der Waals surface area contributed by atoms with Gasteiger partial charge in [-0.15, -0.1) is 0 Å². The van der Waals surface area contributed by atoms with Crippen molar-refractivity contribution in [1.82, 2.24) is 19.6 Å². The number of fused-ring (bicyclic) bond motifs is 1. The Hall–Kier alpha value is -3.35. The molecule has 7 heteroatoms. The molecule has 35 heavy (non-hydrogen) atoms. The van der Waals surface area contributed by atoms with Gasteiger partial charge in [0.2, 0.25) is 5.91 Å². The number of amides is 2. The van der Waals surface area contributed by atoms with Crippen LogP contribution in [0.2, 0.25) is 0 Å². The zero-order valence-electron chi connectivity index (χ0n) is 20.4. The second-order valence-electron chi connectivity index (χ2n) is 9.90. The zero-order valence-corrected chi connectivity index (χ0v) is 20.4. The fourth-order valence-corrected chi connectivity index (χ4v) is 5.25. The maximum Gasteiger partial charge on any atom is 0.253 e. The molecule has 2 amide bonds. The van der Waals surface area contributed by atoms with E-state index in [-0.39, 0.29) is 17.7 Å². The highest BCUT2D eigenvalue weighted by molar-refractivity contribution is 5.94. The number of carbonyl (C=O) groups excluding carboxylic acids is 2. The van der Waals surface area contributed by atoms with E-state index in [1.165, 1.54) is 19.3 Å². The van der Waals surface area contributed by atoms with Gasteiger partial charge in [-0.25, -0.2) is 4.98 Å². The van der Waals surface area contributed by atoms with Gasteiger partial charge >= 0.3 is 0 Å². The van der Waals surface area contributed by atoms with E-state index in [0.29, 0.717) is 37.1 Å². The van der Waals surface area contributed by atoms with Crippen molar-refractivity contribution < 1.29 is 14.3 Å². The van der Waals surface area contributed by atoms with Crippen molar-refractivity contribution in [2.75, 3.05) is 13.1 Å². The van der Waals surface area contributed by atoms with Crippen LogP contribution in [-0.2, 0) is 11.4 Å². The van der Waals surface area contributed by atoms with Crippen LogP contribution in [-0.4, -0.2) is 45.2 Å². The smallest absolute Gasteiger partial charge is 0.253 e. The maximum atomic E-state index is 13.1. The summed E-state index contributed by atoms with van der Waals surface area (Å²) in [5.41, 5.74) is 3.52. The van der Waals surface area contributed by atoms with Crippen LogP contribution in [0.25, 0.3) is 5.65 Å². The van der Waals surface area contributed by atoms with Crippen molar-refractivity contribution in [3.63, 3.8) is 0 Å². The van der Waals surface area contributed by atoms with E-state index in [9.17, 15) is 9.59 Å². The first-order valence-electron chi connectivity index (χ1n) is 12.8. The number of aryl methyl sites for hydroxylation is 1. The van der Waals surface area contributed by atoms with Gasteiger partial charge in [-0.3, -0.25) is 9.59 Å².